The quantitative estimate of drug-likeness (QED) is 0.460. The molecule has 0 bridgehead atoms. The van der Waals surface area contributed by atoms with E-state index in [4.69, 9.17) is 0 Å². The molecule has 0 unspecified atom stereocenters. The van der Waals surface area contributed by atoms with E-state index in [2.05, 4.69) is 31.7 Å². The Morgan fingerprint density at radius 3 is 2.59 bits per heavy atom. The molecular weight excluding hydrogens is 366 g/mol. The first kappa shape index (κ1) is 15.5. The molecule has 4 aromatic heterocycles. The second kappa shape index (κ2) is 5.71. The largest absolute Gasteiger partial charge is 0.284 e. The predicted octanol–water partition coefficient (Wildman–Crippen LogP) is 2.78. The van der Waals surface area contributed by atoms with E-state index in [0.717, 1.165) is 22.1 Å². The second-order valence-electron chi connectivity index (χ2n) is 6.49. The second-order valence-corrected chi connectivity index (χ2v) is 6.49. The molecule has 136 valence electrons. The minimum atomic E-state index is 0.476. The first-order chi connectivity index (χ1) is 14.4. The van der Waals surface area contributed by atoms with Gasteiger partial charge in [-0.1, -0.05) is 47.7 Å². The van der Waals surface area contributed by atoms with Crippen molar-refractivity contribution in [3.8, 4) is 29.0 Å². The number of hydrogen-bond acceptors (Lipinski definition) is 6. The van der Waals surface area contributed by atoms with Crippen LogP contribution in [0.25, 0.3) is 45.0 Å². The van der Waals surface area contributed by atoms with Crippen LogP contribution in [0.15, 0.2) is 67.1 Å². The molecule has 0 saturated heterocycles. The van der Waals surface area contributed by atoms with Crippen molar-refractivity contribution in [3.05, 3.63) is 67.1 Å². The summed E-state index contributed by atoms with van der Waals surface area (Å²) in [6.45, 7) is 0. The van der Waals surface area contributed by atoms with Crippen molar-refractivity contribution in [1.29, 1.82) is 5.26 Å². The Morgan fingerprint density at radius 2 is 1.72 bits per heavy atom. The van der Waals surface area contributed by atoms with Gasteiger partial charge in [-0.05, 0) is 12.1 Å². The molecule has 9 heteroatoms. The van der Waals surface area contributed by atoms with Crippen LogP contribution in [0, 0.1) is 11.5 Å². The number of aromatic nitrogens is 8. The summed E-state index contributed by atoms with van der Waals surface area (Å²) in [6, 6.07) is 17.5. The van der Waals surface area contributed by atoms with Gasteiger partial charge >= 0.3 is 0 Å². The van der Waals surface area contributed by atoms with Crippen LogP contribution in [0.1, 0.15) is 0 Å². The van der Waals surface area contributed by atoms with Crippen molar-refractivity contribution in [3.63, 3.8) is 0 Å². The van der Waals surface area contributed by atoms with Gasteiger partial charge in [0.25, 0.3) is 0 Å². The highest BCUT2D eigenvalue weighted by Crippen LogP contribution is 2.31. The fourth-order valence-electron chi connectivity index (χ4n) is 3.70. The van der Waals surface area contributed by atoms with Gasteiger partial charge < -0.3 is 0 Å². The number of benzene rings is 2. The highest BCUT2D eigenvalue weighted by molar-refractivity contribution is 5.95. The maximum Gasteiger partial charge on any atom is 0.208 e. The van der Waals surface area contributed by atoms with E-state index in [0.29, 0.717) is 22.9 Å². The Bertz CT molecular complexity index is 1560. The van der Waals surface area contributed by atoms with Crippen LogP contribution in [0.4, 0.5) is 0 Å². The average molecular weight is 377 g/mol. The Labute approximate surface area is 163 Å². The summed E-state index contributed by atoms with van der Waals surface area (Å²) >= 11 is 0. The molecule has 0 saturated carbocycles. The first-order valence-electron chi connectivity index (χ1n) is 8.86. The van der Waals surface area contributed by atoms with E-state index < -0.39 is 0 Å². The lowest BCUT2D eigenvalue weighted by Crippen LogP contribution is -1.99. The molecule has 0 N–H and O–H groups in total. The molecule has 0 aliphatic rings. The number of rotatable bonds is 2. The summed E-state index contributed by atoms with van der Waals surface area (Å²) in [4.78, 5) is 4.31. The van der Waals surface area contributed by atoms with E-state index >= 15 is 0 Å². The SMILES string of the molecule is N#Cn1nnc(-c2nnc3c4ccccc4n4cncc4n23)c1-c1ccccc1. The molecule has 6 aromatic rings. The fraction of sp³-hybridized carbons (Fsp3) is 0. The minimum Gasteiger partial charge on any atom is -0.284 e. The third-order valence-corrected chi connectivity index (χ3v) is 4.94. The standard InChI is InChI=1S/C20H11N9/c21-11-28-18(13-6-2-1-3-7-13)17(23-26-28)20-25-24-19-14-8-4-5-9-15(14)27-12-22-10-16(27)29(19)20/h1-10,12H. The Hall–Kier alpha value is -4.58. The number of imidazole rings is 1. The van der Waals surface area contributed by atoms with Crippen LogP contribution in [0.2, 0.25) is 0 Å². The molecule has 0 aliphatic carbocycles. The molecule has 6 rings (SSSR count). The third kappa shape index (κ3) is 2.05. The predicted molar refractivity (Wildman–Crippen MR) is 105 cm³/mol. The number of fused-ring (bicyclic) bond motifs is 6. The van der Waals surface area contributed by atoms with Gasteiger partial charge in [0, 0.05) is 10.9 Å². The van der Waals surface area contributed by atoms with Gasteiger partial charge in [0.05, 0.1) is 11.7 Å². The van der Waals surface area contributed by atoms with Gasteiger partial charge in [0.15, 0.2) is 17.2 Å². The highest BCUT2D eigenvalue weighted by Gasteiger charge is 2.23. The van der Waals surface area contributed by atoms with Gasteiger partial charge in [-0.2, -0.15) is 5.26 Å². The first-order valence-corrected chi connectivity index (χ1v) is 8.86. The third-order valence-electron chi connectivity index (χ3n) is 4.94. The molecule has 0 spiro atoms. The van der Waals surface area contributed by atoms with Crippen molar-refractivity contribution < 1.29 is 0 Å². The van der Waals surface area contributed by atoms with Gasteiger partial charge in [0.1, 0.15) is 17.7 Å². The van der Waals surface area contributed by atoms with E-state index in [9.17, 15) is 5.26 Å². The summed E-state index contributed by atoms with van der Waals surface area (Å²) in [5, 5.41) is 27.6. The Balaban J connectivity index is 1.76. The van der Waals surface area contributed by atoms with Gasteiger partial charge in [0.2, 0.25) is 6.19 Å². The summed E-state index contributed by atoms with van der Waals surface area (Å²) in [7, 11) is 0. The topological polar surface area (TPSA) is 102 Å². The molecule has 0 amide bonds. The van der Waals surface area contributed by atoms with Crippen molar-refractivity contribution in [2.24, 2.45) is 0 Å². The molecule has 0 fully saturated rings. The lowest BCUT2D eigenvalue weighted by molar-refractivity contribution is 0.820. The van der Waals surface area contributed by atoms with Crippen LogP contribution >= 0.6 is 0 Å². The van der Waals surface area contributed by atoms with Crippen LogP contribution in [0.5, 0.6) is 0 Å². The molecule has 0 radical (unpaired) electrons. The molecule has 29 heavy (non-hydrogen) atoms. The van der Waals surface area contributed by atoms with Crippen LogP contribution < -0.4 is 0 Å². The van der Waals surface area contributed by atoms with E-state index in [1.54, 1.807) is 12.5 Å². The summed E-state index contributed by atoms with van der Waals surface area (Å²) in [6.07, 6.45) is 5.56. The van der Waals surface area contributed by atoms with Gasteiger partial charge in [-0.25, -0.2) is 4.98 Å². The highest BCUT2D eigenvalue weighted by atomic mass is 15.4. The van der Waals surface area contributed by atoms with Crippen molar-refractivity contribution in [2.75, 3.05) is 0 Å². The van der Waals surface area contributed by atoms with Crippen LogP contribution in [-0.2, 0) is 0 Å². The summed E-state index contributed by atoms with van der Waals surface area (Å²) < 4.78 is 5.07. The lowest BCUT2D eigenvalue weighted by Gasteiger charge is -2.07. The lowest BCUT2D eigenvalue weighted by atomic mass is 10.1. The molecule has 9 nitrogen and oxygen atoms in total. The number of nitrogens with zero attached hydrogens (tertiary/aromatic N) is 9. The number of nitriles is 1. The Morgan fingerprint density at radius 1 is 0.897 bits per heavy atom. The summed E-state index contributed by atoms with van der Waals surface area (Å²) in [5.41, 5.74) is 4.32. The fourth-order valence-corrected chi connectivity index (χ4v) is 3.70. The zero-order chi connectivity index (χ0) is 19.4. The average Bonchev–Trinajstić information content (AvgIpc) is 3.51. The zero-order valence-corrected chi connectivity index (χ0v) is 14.9. The van der Waals surface area contributed by atoms with Crippen LogP contribution in [-0.4, -0.2) is 39.0 Å². The van der Waals surface area contributed by atoms with Gasteiger partial charge in [-0.15, -0.1) is 20.0 Å². The van der Waals surface area contributed by atoms with E-state index in [1.165, 1.54) is 4.68 Å². The van der Waals surface area contributed by atoms with E-state index in [1.807, 2.05) is 63.4 Å². The minimum absolute atomic E-state index is 0.476. The smallest absolute Gasteiger partial charge is 0.208 e. The maximum absolute atomic E-state index is 9.54. The van der Waals surface area contributed by atoms with Crippen LogP contribution in [0.3, 0.4) is 0 Å². The molecule has 2 aromatic carbocycles. The number of para-hydroxylation sites is 1. The monoisotopic (exact) mass is 377 g/mol. The Kier molecular flexibility index (Phi) is 3.05. The number of hydrogen-bond donors (Lipinski definition) is 0. The molecule has 0 atom stereocenters. The zero-order valence-electron chi connectivity index (χ0n) is 14.9. The van der Waals surface area contributed by atoms with Crippen molar-refractivity contribution in [2.45, 2.75) is 0 Å². The normalized spacial score (nSPS) is 11.4. The molecule has 0 aliphatic heterocycles. The van der Waals surface area contributed by atoms with Crippen molar-refractivity contribution in [1.82, 2.24) is 39.0 Å². The van der Waals surface area contributed by atoms with Gasteiger partial charge in [-0.3, -0.25) is 8.80 Å². The van der Waals surface area contributed by atoms with E-state index in [-0.39, 0.29) is 0 Å². The molecular formula is C20H11N9. The maximum atomic E-state index is 9.54. The molecule has 4 heterocycles. The van der Waals surface area contributed by atoms with Crippen molar-refractivity contribution >= 4 is 22.2 Å². The summed E-state index contributed by atoms with van der Waals surface area (Å²) in [5.74, 6) is 0.497.